The summed E-state index contributed by atoms with van der Waals surface area (Å²) in [5, 5.41) is 3.28. The minimum atomic E-state index is -0.166. The van der Waals surface area contributed by atoms with E-state index in [0.29, 0.717) is 22.4 Å². The van der Waals surface area contributed by atoms with Crippen molar-refractivity contribution in [3.05, 3.63) is 64.7 Å². The standard InChI is InChI=1S/C19H19N3O3S/c1-12(18-21-16-6-4-3-5-15(16)19(24)22-18)26-11-17(23)20-13-7-9-14(25-2)10-8-13/h3-10,12H,11H2,1-2H3,(H,20,23)(H,21,22,24)/t12-/m0/s1. The van der Waals surface area contributed by atoms with Gasteiger partial charge in [0, 0.05) is 5.69 Å². The van der Waals surface area contributed by atoms with Gasteiger partial charge in [0.15, 0.2) is 0 Å². The summed E-state index contributed by atoms with van der Waals surface area (Å²) in [6, 6.07) is 14.3. The maximum absolute atomic E-state index is 12.1. The normalized spacial score (nSPS) is 11.9. The number of aromatic amines is 1. The molecular weight excluding hydrogens is 350 g/mol. The Kier molecular flexibility index (Phi) is 5.58. The maximum atomic E-state index is 12.1. The number of para-hydroxylation sites is 1. The molecule has 134 valence electrons. The summed E-state index contributed by atoms with van der Waals surface area (Å²) in [6.45, 7) is 1.92. The van der Waals surface area contributed by atoms with Crippen LogP contribution in [-0.4, -0.2) is 28.7 Å². The molecular formula is C19H19N3O3S. The molecule has 3 rings (SSSR count). The summed E-state index contributed by atoms with van der Waals surface area (Å²) >= 11 is 1.41. The Morgan fingerprint density at radius 2 is 1.96 bits per heavy atom. The van der Waals surface area contributed by atoms with Gasteiger partial charge in [-0.1, -0.05) is 12.1 Å². The largest absolute Gasteiger partial charge is 0.497 e. The van der Waals surface area contributed by atoms with Gasteiger partial charge >= 0.3 is 0 Å². The summed E-state index contributed by atoms with van der Waals surface area (Å²) in [4.78, 5) is 31.6. The number of H-pyrrole nitrogens is 1. The van der Waals surface area contributed by atoms with Crippen LogP contribution in [0.5, 0.6) is 5.75 Å². The van der Waals surface area contributed by atoms with Crippen LogP contribution in [0.3, 0.4) is 0 Å². The average molecular weight is 369 g/mol. The van der Waals surface area contributed by atoms with E-state index < -0.39 is 0 Å². The topological polar surface area (TPSA) is 84.1 Å². The van der Waals surface area contributed by atoms with Gasteiger partial charge in [0.25, 0.3) is 5.56 Å². The Hall–Kier alpha value is -2.80. The molecule has 0 bridgehead atoms. The minimum absolute atomic E-state index is 0.116. The van der Waals surface area contributed by atoms with Gasteiger partial charge < -0.3 is 15.0 Å². The molecule has 26 heavy (non-hydrogen) atoms. The lowest BCUT2D eigenvalue weighted by molar-refractivity contribution is -0.113. The number of rotatable bonds is 6. The molecule has 1 amide bonds. The third-order valence-corrected chi connectivity index (χ3v) is 5.01. The fraction of sp³-hybridized carbons (Fsp3) is 0.211. The third-order valence-electron chi connectivity index (χ3n) is 3.85. The molecule has 0 aliphatic rings. The van der Waals surface area contributed by atoms with E-state index in [9.17, 15) is 9.59 Å². The van der Waals surface area contributed by atoms with Gasteiger partial charge in [-0.25, -0.2) is 4.98 Å². The van der Waals surface area contributed by atoms with Gasteiger partial charge in [0.05, 0.1) is 29.0 Å². The van der Waals surface area contributed by atoms with Crippen molar-refractivity contribution in [2.24, 2.45) is 0 Å². The van der Waals surface area contributed by atoms with Crippen molar-refractivity contribution in [1.82, 2.24) is 9.97 Å². The predicted molar refractivity (Wildman–Crippen MR) is 105 cm³/mol. The molecule has 1 heterocycles. The van der Waals surface area contributed by atoms with Crippen LogP contribution in [0.25, 0.3) is 10.9 Å². The lowest BCUT2D eigenvalue weighted by Gasteiger charge is -2.11. The van der Waals surface area contributed by atoms with E-state index >= 15 is 0 Å². The molecule has 2 N–H and O–H groups in total. The second kappa shape index (κ2) is 8.05. The second-order valence-corrected chi connectivity index (χ2v) is 7.03. The highest BCUT2D eigenvalue weighted by atomic mass is 32.2. The smallest absolute Gasteiger partial charge is 0.258 e. The van der Waals surface area contributed by atoms with Crippen molar-refractivity contribution < 1.29 is 9.53 Å². The molecule has 0 saturated heterocycles. The maximum Gasteiger partial charge on any atom is 0.258 e. The van der Waals surface area contributed by atoms with Crippen LogP contribution in [0.2, 0.25) is 0 Å². The van der Waals surface area contributed by atoms with E-state index in [0.717, 1.165) is 5.75 Å². The van der Waals surface area contributed by atoms with Crippen LogP contribution < -0.4 is 15.6 Å². The first-order valence-electron chi connectivity index (χ1n) is 8.11. The number of amides is 1. The number of aromatic nitrogens is 2. The summed E-state index contributed by atoms with van der Waals surface area (Å²) < 4.78 is 5.09. The van der Waals surface area contributed by atoms with E-state index in [4.69, 9.17) is 4.74 Å². The number of nitrogens with zero attached hydrogens (tertiary/aromatic N) is 1. The Balaban J connectivity index is 1.62. The highest BCUT2D eigenvalue weighted by Gasteiger charge is 2.13. The Morgan fingerprint density at radius 3 is 2.69 bits per heavy atom. The van der Waals surface area contributed by atoms with E-state index in [1.165, 1.54) is 11.8 Å². The van der Waals surface area contributed by atoms with Crippen LogP contribution in [-0.2, 0) is 4.79 Å². The lowest BCUT2D eigenvalue weighted by Crippen LogP contribution is -2.16. The number of hydrogen-bond donors (Lipinski definition) is 2. The first-order chi connectivity index (χ1) is 12.6. The van der Waals surface area contributed by atoms with Crippen molar-refractivity contribution >= 4 is 34.3 Å². The lowest BCUT2D eigenvalue weighted by atomic mass is 10.2. The van der Waals surface area contributed by atoms with Crippen molar-refractivity contribution in [3.8, 4) is 5.75 Å². The van der Waals surface area contributed by atoms with Gasteiger partial charge in [-0.05, 0) is 43.3 Å². The van der Waals surface area contributed by atoms with Gasteiger partial charge in [0.2, 0.25) is 5.91 Å². The van der Waals surface area contributed by atoms with Gasteiger partial charge in [-0.2, -0.15) is 0 Å². The molecule has 1 aromatic heterocycles. The van der Waals surface area contributed by atoms with Crippen LogP contribution in [0.1, 0.15) is 18.0 Å². The number of thioether (sulfide) groups is 1. The molecule has 0 radical (unpaired) electrons. The quantitative estimate of drug-likeness (QED) is 0.696. The molecule has 3 aromatic rings. The Bertz CT molecular complexity index is 970. The van der Waals surface area contributed by atoms with Crippen LogP contribution >= 0.6 is 11.8 Å². The molecule has 0 spiro atoms. The number of fused-ring (bicyclic) bond motifs is 1. The molecule has 0 fully saturated rings. The van der Waals surface area contributed by atoms with Crippen LogP contribution in [0, 0.1) is 0 Å². The number of nitrogens with one attached hydrogen (secondary N) is 2. The second-order valence-electron chi connectivity index (χ2n) is 5.70. The number of anilines is 1. The monoisotopic (exact) mass is 369 g/mol. The third kappa shape index (κ3) is 4.23. The summed E-state index contributed by atoms with van der Waals surface area (Å²) in [6.07, 6.45) is 0. The van der Waals surface area contributed by atoms with Crippen molar-refractivity contribution in [2.45, 2.75) is 12.2 Å². The van der Waals surface area contributed by atoms with Gasteiger partial charge in [-0.3, -0.25) is 9.59 Å². The number of carbonyl (C=O) groups is 1. The fourth-order valence-corrected chi connectivity index (χ4v) is 3.19. The Labute approximate surface area is 155 Å². The van der Waals surface area contributed by atoms with E-state index in [2.05, 4.69) is 15.3 Å². The number of hydrogen-bond acceptors (Lipinski definition) is 5. The molecule has 0 aliphatic heterocycles. The zero-order valence-electron chi connectivity index (χ0n) is 14.5. The fourth-order valence-electron chi connectivity index (χ4n) is 2.45. The minimum Gasteiger partial charge on any atom is -0.497 e. The zero-order chi connectivity index (χ0) is 18.5. The van der Waals surface area contributed by atoms with Crippen LogP contribution in [0.4, 0.5) is 5.69 Å². The number of carbonyl (C=O) groups excluding carboxylic acids is 1. The zero-order valence-corrected chi connectivity index (χ0v) is 15.3. The molecule has 0 unspecified atom stereocenters. The predicted octanol–water partition coefficient (Wildman–Crippen LogP) is 3.36. The van der Waals surface area contributed by atoms with Gasteiger partial charge in [-0.15, -0.1) is 11.8 Å². The first kappa shape index (κ1) is 18.0. The molecule has 2 aromatic carbocycles. The highest BCUT2D eigenvalue weighted by molar-refractivity contribution is 8.00. The average Bonchev–Trinajstić information content (AvgIpc) is 2.66. The molecule has 7 heteroatoms. The highest BCUT2D eigenvalue weighted by Crippen LogP contribution is 2.26. The van der Waals surface area contributed by atoms with E-state index in [1.807, 2.05) is 19.1 Å². The number of methoxy groups -OCH3 is 1. The van der Waals surface area contributed by atoms with E-state index in [1.54, 1.807) is 43.5 Å². The SMILES string of the molecule is COc1ccc(NC(=O)CS[C@@H](C)c2nc3ccccc3c(=O)[nH]2)cc1. The molecule has 1 atom stereocenters. The van der Waals surface area contributed by atoms with Crippen LogP contribution in [0.15, 0.2) is 53.3 Å². The van der Waals surface area contributed by atoms with Crippen molar-refractivity contribution in [2.75, 3.05) is 18.2 Å². The molecule has 0 aliphatic carbocycles. The Morgan fingerprint density at radius 1 is 1.23 bits per heavy atom. The summed E-state index contributed by atoms with van der Waals surface area (Å²) in [5.74, 6) is 1.44. The van der Waals surface area contributed by atoms with Gasteiger partial charge in [0.1, 0.15) is 11.6 Å². The number of benzene rings is 2. The first-order valence-corrected chi connectivity index (χ1v) is 9.16. The molecule has 0 saturated carbocycles. The summed E-state index contributed by atoms with van der Waals surface area (Å²) in [5.41, 5.74) is 1.20. The van der Waals surface area contributed by atoms with E-state index in [-0.39, 0.29) is 22.5 Å². The molecule has 6 nitrogen and oxygen atoms in total. The van der Waals surface area contributed by atoms with Crippen molar-refractivity contribution in [1.29, 1.82) is 0 Å². The van der Waals surface area contributed by atoms with Crippen molar-refractivity contribution in [3.63, 3.8) is 0 Å². The number of ether oxygens (including phenoxy) is 1. The summed E-state index contributed by atoms with van der Waals surface area (Å²) in [7, 11) is 1.59.